The zero-order valence-electron chi connectivity index (χ0n) is 17.1. The molecule has 30 heavy (non-hydrogen) atoms. The molecule has 0 spiro atoms. The van der Waals surface area contributed by atoms with E-state index in [1.807, 2.05) is 19.9 Å². The van der Waals surface area contributed by atoms with Gasteiger partial charge in [-0.05, 0) is 67.4 Å². The number of rotatable bonds is 1. The summed E-state index contributed by atoms with van der Waals surface area (Å²) in [5.74, 6) is -6.11. The Morgan fingerprint density at radius 2 is 1.70 bits per heavy atom. The van der Waals surface area contributed by atoms with Crippen molar-refractivity contribution in [3.8, 4) is 0 Å². The molecule has 2 nitrogen and oxygen atoms in total. The van der Waals surface area contributed by atoms with Crippen molar-refractivity contribution < 1.29 is 31.9 Å². The molecule has 1 N–H and O–H groups in total. The number of hydrogen-bond acceptors (Lipinski definition) is 2. The average Bonchev–Trinajstić information content (AvgIpc) is 2.92. The second-order valence-electron chi connectivity index (χ2n) is 10.2. The summed E-state index contributed by atoms with van der Waals surface area (Å²) in [4.78, 5) is 12.1. The zero-order chi connectivity index (χ0) is 22.5. The maximum absolute atomic E-state index is 14.5. The molecule has 3 fully saturated rings. The van der Waals surface area contributed by atoms with Gasteiger partial charge in [0, 0.05) is 10.8 Å². The lowest BCUT2D eigenvalue weighted by molar-refractivity contribution is -0.364. The second kappa shape index (κ2) is 6.31. The molecule has 0 heterocycles. The molecule has 8 heteroatoms. The van der Waals surface area contributed by atoms with Crippen molar-refractivity contribution in [2.45, 2.75) is 70.6 Å². The van der Waals surface area contributed by atoms with E-state index in [1.165, 1.54) is 13.0 Å². The standard InChI is InChI=1S/C22H26ClF5O2/c1-11-10-14-17(23)15(29)6-7-18(14,2)12-4-8-19(3)13(16(11)12)5-9-20(19,30)21(24,25)22(26,27)28/h6-7,11-13,16,30H,4-5,8-10H2,1-3H3/t11?,12?,13?,16?,18-,19+,20-/m1/s1. The van der Waals surface area contributed by atoms with Gasteiger partial charge in [0.1, 0.15) is 5.60 Å². The molecule has 4 aliphatic carbocycles. The van der Waals surface area contributed by atoms with Crippen LogP contribution in [0.5, 0.6) is 0 Å². The molecule has 0 amide bonds. The first-order chi connectivity index (χ1) is 13.6. The van der Waals surface area contributed by atoms with Gasteiger partial charge in [-0.2, -0.15) is 22.0 Å². The molecule has 3 saturated carbocycles. The summed E-state index contributed by atoms with van der Waals surface area (Å²) < 4.78 is 68.9. The Kier molecular flexibility index (Phi) is 4.68. The van der Waals surface area contributed by atoms with Crippen LogP contribution in [0.25, 0.3) is 0 Å². The van der Waals surface area contributed by atoms with Crippen molar-refractivity contribution in [3.63, 3.8) is 0 Å². The van der Waals surface area contributed by atoms with Gasteiger partial charge in [0.05, 0.1) is 5.03 Å². The third-order valence-electron chi connectivity index (χ3n) is 9.03. The molecule has 7 atom stereocenters. The van der Waals surface area contributed by atoms with Gasteiger partial charge in [-0.15, -0.1) is 0 Å². The molecule has 0 aromatic rings. The Labute approximate surface area is 177 Å². The van der Waals surface area contributed by atoms with Gasteiger partial charge < -0.3 is 5.11 Å². The minimum Gasteiger partial charge on any atom is -0.383 e. The predicted molar refractivity (Wildman–Crippen MR) is 102 cm³/mol. The monoisotopic (exact) mass is 452 g/mol. The fraction of sp³-hybridized carbons (Fsp3) is 0.773. The smallest absolute Gasteiger partial charge is 0.383 e. The summed E-state index contributed by atoms with van der Waals surface area (Å²) in [6.07, 6.45) is -2.05. The second-order valence-corrected chi connectivity index (χ2v) is 10.5. The van der Waals surface area contributed by atoms with E-state index in [4.69, 9.17) is 11.6 Å². The van der Waals surface area contributed by atoms with Crippen LogP contribution in [0.3, 0.4) is 0 Å². The Balaban J connectivity index is 1.77. The number of hydrogen-bond donors (Lipinski definition) is 1. The van der Waals surface area contributed by atoms with Crippen molar-refractivity contribution in [1.82, 2.24) is 0 Å². The van der Waals surface area contributed by atoms with Crippen LogP contribution in [0.1, 0.15) is 52.9 Å². The molecule has 0 saturated heterocycles. The number of carbonyl (C=O) groups is 1. The van der Waals surface area contributed by atoms with Crippen LogP contribution < -0.4 is 0 Å². The van der Waals surface area contributed by atoms with Gasteiger partial charge in [0.25, 0.3) is 0 Å². The van der Waals surface area contributed by atoms with Crippen molar-refractivity contribution in [2.75, 3.05) is 0 Å². The SMILES string of the molecule is CC1CC2=C(Cl)C(=O)C=C[C@]2(C)C2CC[C@@]3(C)C(CC[C@]3(O)C(F)(F)C(F)(F)F)C12. The largest absolute Gasteiger partial charge is 0.456 e. The van der Waals surface area contributed by atoms with Gasteiger partial charge in [-0.1, -0.05) is 38.4 Å². The Hall–Kier alpha value is -0.950. The lowest BCUT2D eigenvalue weighted by Crippen LogP contribution is -2.66. The Morgan fingerprint density at radius 1 is 1.10 bits per heavy atom. The van der Waals surface area contributed by atoms with E-state index < -0.39 is 40.9 Å². The highest BCUT2D eigenvalue weighted by Crippen LogP contribution is 2.71. The van der Waals surface area contributed by atoms with Crippen LogP contribution in [0.4, 0.5) is 22.0 Å². The normalized spacial score (nSPS) is 46.5. The molecule has 4 rings (SSSR count). The lowest BCUT2D eigenvalue weighted by atomic mass is 9.45. The summed E-state index contributed by atoms with van der Waals surface area (Å²) in [6, 6.07) is 0. The van der Waals surface area contributed by atoms with Crippen LogP contribution in [0.15, 0.2) is 22.8 Å². The van der Waals surface area contributed by atoms with Crippen molar-refractivity contribution >= 4 is 17.4 Å². The molecule has 168 valence electrons. The van der Waals surface area contributed by atoms with Gasteiger partial charge in [0.15, 0.2) is 5.78 Å². The fourth-order valence-corrected chi connectivity index (χ4v) is 7.72. The average molecular weight is 453 g/mol. The van der Waals surface area contributed by atoms with E-state index >= 15 is 0 Å². The maximum atomic E-state index is 14.5. The van der Waals surface area contributed by atoms with Gasteiger partial charge in [0.2, 0.25) is 0 Å². The Morgan fingerprint density at radius 3 is 2.30 bits per heavy atom. The summed E-state index contributed by atoms with van der Waals surface area (Å²) in [5.41, 5.74) is -4.36. The fourth-order valence-electron chi connectivity index (χ4n) is 7.38. The summed E-state index contributed by atoms with van der Waals surface area (Å²) in [5, 5.41) is 11.1. The highest BCUT2D eigenvalue weighted by Gasteiger charge is 2.79. The molecule has 0 radical (unpaired) electrons. The molecule has 0 aromatic heterocycles. The first kappa shape index (κ1) is 22.3. The van der Waals surface area contributed by atoms with Crippen molar-refractivity contribution in [1.29, 1.82) is 0 Å². The van der Waals surface area contributed by atoms with E-state index in [2.05, 4.69) is 0 Å². The number of carbonyl (C=O) groups excluding carboxylic acids is 1. The van der Waals surface area contributed by atoms with E-state index in [-0.39, 0.29) is 41.4 Å². The maximum Gasteiger partial charge on any atom is 0.456 e. The minimum absolute atomic E-state index is 0.0331. The van der Waals surface area contributed by atoms with Gasteiger partial charge >= 0.3 is 12.1 Å². The summed E-state index contributed by atoms with van der Waals surface area (Å²) in [6.45, 7) is 5.34. The molecule has 0 aliphatic heterocycles. The van der Waals surface area contributed by atoms with Crippen LogP contribution in [-0.4, -0.2) is 28.6 Å². The van der Waals surface area contributed by atoms with Crippen LogP contribution >= 0.6 is 11.6 Å². The number of fused-ring (bicyclic) bond motifs is 5. The molecule has 4 aliphatic rings. The molecule has 0 aromatic carbocycles. The first-order valence-electron chi connectivity index (χ1n) is 10.4. The topological polar surface area (TPSA) is 37.3 Å². The van der Waals surface area contributed by atoms with Gasteiger partial charge in [-0.3, -0.25) is 4.79 Å². The van der Waals surface area contributed by atoms with Crippen LogP contribution in [0, 0.1) is 34.5 Å². The predicted octanol–water partition coefficient (Wildman–Crippen LogP) is 6.04. The summed E-state index contributed by atoms with van der Waals surface area (Å²) in [7, 11) is 0. The number of allylic oxidation sites excluding steroid dienone is 4. The molecular formula is C22H26ClF5O2. The van der Waals surface area contributed by atoms with E-state index in [1.54, 1.807) is 0 Å². The third kappa shape index (κ3) is 2.48. The highest BCUT2D eigenvalue weighted by molar-refractivity contribution is 6.45. The van der Waals surface area contributed by atoms with Crippen molar-refractivity contribution in [2.24, 2.45) is 34.5 Å². The molecular weight excluding hydrogens is 427 g/mol. The number of halogens is 6. The van der Waals surface area contributed by atoms with Crippen LogP contribution in [0.2, 0.25) is 0 Å². The first-order valence-corrected chi connectivity index (χ1v) is 10.8. The zero-order valence-corrected chi connectivity index (χ0v) is 17.9. The van der Waals surface area contributed by atoms with E-state index in [9.17, 15) is 31.9 Å². The van der Waals surface area contributed by atoms with Crippen molar-refractivity contribution in [3.05, 3.63) is 22.8 Å². The molecule has 0 bridgehead atoms. The van der Waals surface area contributed by atoms with Crippen LogP contribution in [-0.2, 0) is 4.79 Å². The van der Waals surface area contributed by atoms with Gasteiger partial charge in [-0.25, -0.2) is 0 Å². The minimum atomic E-state index is -5.81. The van der Waals surface area contributed by atoms with E-state index in [0.29, 0.717) is 12.8 Å². The third-order valence-corrected chi connectivity index (χ3v) is 9.44. The summed E-state index contributed by atoms with van der Waals surface area (Å²) >= 11 is 6.34. The number of aliphatic hydroxyl groups is 1. The Bertz CT molecular complexity index is 849. The van der Waals surface area contributed by atoms with E-state index in [0.717, 1.165) is 5.57 Å². The lowest BCUT2D eigenvalue weighted by Gasteiger charge is -2.60. The number of ketones is 1. The molecule has 4 unspecified atom stereocenters. The quantitative estimate of drug-likeness (QED) is 0.493. The number of alkyl halides is 5. The highest BCUT2D eigenvalue weighted by atomic mass is 35.5.